The third-order valence-corrected chi connectivity index (χ3v) is 0.797. The Hall–Kier alpha value is 0.470. The van der Waals surface area contributed by atoms with Gasteiger partial charge >= 0.3 is 29.6 Å². The molecule has 0 saturated heterocycles. The molecule has 0 fully saturated rings. The molecule has 0 spiro atoms. The molecule has 0 amide bonds. The fourth-order valence-corrected chi connectivity index (χ4v) is 0.316. The van der Waals surface area contributed by atoms with Crippen LogP contribution in [0, 0.1) is 12.3 Å². The van der Waals surface area contributed by atoms with E-state index in [-0.39, 0.29) is 29.6 Å². The summed E-state index contributed by atoms with van der Waals surface area (Å²) in [6, 6.07) is 0. The summed E-state index contributed by atoms with van der Waals surface area (Å²) in [6.07, 6.45) is 4.53. The molecule has 8 heavy (non-hydrogen) atoms. The van der Waals surface area contributed by atoms with Crippen molar-refractivity contribution < 1.29 is 42.5 Å². The van der Waals surface area contributed by atoms with Gasteiger partial charge in [0.2, 0.25) is 0 Å². The first-order chi connectivity index (χ1) is 3.06. The zero-order chi connectivity index (χ0) is 5.91. The van der Waals surface area contributed by atoms with Gasteiger partial charge in [-0.1, -0.05) is 5.92 Å². The summed E-state index contributed by atoms with van der Waals surface area (Å²) in [6.45, 7) is 0. The number of rotatable bonds is 1. The van der Waals surface area contributed by atoms with Crippen molar-refractivity contribution in [3.63, 3.8) is 0 Å². The molecule has 0 atom stereocenters. The fourth-order valence-electron chi connectivity index (χ4n) is 0.105. The van der Waals surface area contributed by atoms with Crippen molar-refractivity contribution >= 4 is 10.1 Å². The molecule has 0 heterocycles. The van der Waals surface area contributed by atoms with Crippen LogP contribution in [0.15, 0.2) is 0 Å². The predicted octanol–water partition coefficient (Wildman–Crippen LogP) is -3.49. The van der Waals surface area contributed by atoms with Crippen LogP contribution in [0.3, 0.4) is 0 Å². The van der Waals surface area contributed by atoms with Crippen LogP contribution in [-0.4, -0.2) is 18.7 Å². The second-order valence-electron chi connectivity index (χ2n) is 0.930. The average molecular weight is 143 g/mol. The fraction of sp³-hybridized carbons (Fsp3) is 0.333. The van der Waals surface area contributed by atoms with Crippen LogP contribution in [0.25, 0.3) is 0 Å². The summed E-state index contributed by atoms with van der Waals surface area (Å²) < 4.78 is 27.1. The van der Waals surface area contributed by atoms with E-state index in [1.54, 1.807) is 5.92 Å². The van der Waals surface area contributed by atoms with Crippen molar-refractivity contribution in [1.29, 1.82) is 0 Å². The molecule has 1 N–H and O–H groups in total. The standard InChI is InChI=1S/C3H4O3S.Na/c1-2-3-7(4,5)6;/h1H,3H2,(H,4,5,6);/q;+1. The zero-order valence-electron chi connectivity index (χ0n) is 4.46. The first-order valence-electron chi connectivity index (χ1n) is 1.45. The minimum Gasteiger partial charge on any atom is -0.285 e. The molecule has 0 aliphatic carbocycles. The molecule has 5 heteroatoms. The van der Waals surface area contributed by atoms with Gasteiger partial charge in [-0.3, -0.25) is 4.55 Å². The smallest absolute Gasteiger partial charge is 0.285 e. The molecule has 0 aromatic carbocycles. The molecule has 3 nitrogen and oxygen atoms in total. The molecule has 0 radical (unpaired) electrons. The van der Waals surface area contributed by atoms with E-state index in [9.17, 15) is 8.42 Å². The van der Waals surface area contributed by atoms with Crippen LogP contribution in [-0.2, 0) is 10.1 Å². The first kappa shape index (κ1) is 11.3. The van der Waals surface area contributed by atoms with Crippen LogP contribution in [0.1, 0.15) is 0 Å². The van der Waals surface area contributed by atoms with Crippen LogP contribution in [0.4, 0.5) is 0 Å². The largest absolute Gasteiger partial charge is 1.00 e. The molecule has 0 bridgehead atoms. The molecular formula is C3H4NaO3S+. The van der Waals surface area contributed by atoms with Gasteiger partial charge in [0.15, 0.2) is 0 Å². The van der Waals surface area contributed by atoms with Gasteiger partial charge in [0.1, 0.15) is 5.75 Å². The summed E-state index contributed by atoms with van der Waals surface area (Å²) in [5.41, 5.74) is 0. The third kappa shape index (κ3) is 9.69. The molecule has 0 aromatic heterocycles. The summed E-state index contributed by atoms with van der Waals surface area (Å²) in [7, 11) is -3.91. The summed E-state index contributed by atoms with van der Waals surface area (Å²) in [5.74, 6) is 1.17. The van der Waals surface area contributed by atoms with E-state index in [0.717, 1.165) is 0 Å². The second kappa shape index (κ2) is 4.36. The Labute approximate surface area is 70.5 Å². The monoisotopic (exact) mass is 143 g/mol. The Morgan fingerprint density at radius 2 is 2.00 bits per heavy atom. The maximum atomic E-state index is 9.64. The SMILES string of the molecule is C#CCS(=O)(=O)O.[Na+]. The number of hydrogen-bond acceptors (Lipinski definition) is 2. The van der Waals surface area contributed by atoms with E-state index in [4.69, 9.17) is 4.55 Å². The molecule has 0 aliphatic rings. The van der Waals surface area contributed by atoms with Gasteiger partial charge < -0.3 is 0 Å². The maximum absolute atomic E-state index is 9.64. The van der Waals surface area contributed by atoms with Crippen LogP contribution < -0.4 is 29.6 Å². The van der Waals surface area contributed by atoms with Crippen LogP contribution in [0.2, 0.25) is 0 Å². The molecule has 0 unspecified atom stereocenters. The third-order valence-electron chi connectivity index (χ3n) is 0.266. The van der Waals surface area contributed by atoms with Crippen molar-refractivity contribution in [3.8, 4) is 12.3 Å². The minimum absolute atomic E-state index is 0. The van der Waals surface area contributed by atoms with Gasteiger partial charge in [-0.05, 0) is 0 Å². The summed E-state index contributed by atoms with van der Waals surface area (Å²) in [5, 5.41) is 0. The Morgan fingerprint density at radius 1 is 1.62 bits per heavy atom. The first-order valence-corrected chi connectivity index (χ1v) is 3.06. The number of hydrogen-bond donors (Lipinski definition) is 1. The van der Waals surface area contributed by atoms with Gasteiger partial charge in [0.25, 0.3) is 10.1 Å². The molecule has 0 aliphatic heterocycles. The molecule has 0 saturated carbocycles. The van der Waals surface area contributed by atoms with Gasteiger partial charge in [0, 0.05) is 0 Å². The second-order valence-corrected chi connectivity index (χ2v) is 2.38. The van der Waals surface area contributed by atoms with Crippen LogP contribution >= 0.6 is 0 Å². The van der Waals surface area contributed by atoms with Gasteiger partial charge in [-0.25, -0.2) is 0 Å². The quantitative estimate of drug-likeness (QED) is 0.235. The van der Waals surface area contributed by atoms with Crippen LogP contribution in [0.5, 0.6) is 0 Å². The van der Waals surface area contributed by atoms with Crippen molar-refractivity contribution in [3.05, 3.63) is 0 Å². The molecular weight excluding hydrogens is 139 g/mol. The van der Waals surface area contributed by atoms with E-state index in [2.05, 4.69) is 6.42 Å². The van der Waals surface area contributed by atoms with E-state index >= 15 is 0 Å². The predicted molar refractivity (Wildman–Crippen MR) is 25.2 cm³/mol. The topological polar surface area (TPSA) is 54.4 Å². The zero-order valence-corrected chi connectivity index (χ0v) is 7.27. The maximum Gasteiger partial charge on any atom is 1.00 e. The van der Waals surface area contributed by atoms with Gasteiger partial charge in [-0.2, -0.15) is 8.42 Å². The summed E-state index contributed by atoms with van der Waals surface area (Å²) >= 11 is 0. The van der Waals surface area contributed by atoms with Gasteiger partial charge in [-0.15, -0.1) is 6.42 Å². The van der Waals surface area contributed by atoms with E-state index < -0.39 is 15.9 Å². The average Bonchev–Trinajstić information content (AvgIpc) is 1.30. The van der Waals surface area contributed by atoms with Crippen molar-refractivity contribution in [1.82, 2.24) is 0 Å². The van der Waals surface area contributed by atoms with Gasteiger partial charge in [0.05, 0.1) is 0 Å². The van der Waals surface area contributed by atoms with E-state index in [0.29, 0.717) is 0 Å². The molecule has 0 aromatic rings. The Morgan fingerprint density at radius 3 is 2.00 bits per heavy atom. The Balaban J connectivity index is 0. The Bertz CT molecular complexity index is 175. The van der Waals surface area contributed by atoms with Crippen molar-refractivity contribution in [2.24, 2.45) is 0 Å². The van der Waals surface area contributed by atoms with E-state index in [1.807, 2.05) is 0 Å². The minimum atomic E-state index is -3.91. The van der Waals surface area contributed by atoms with E-state index in [1.165, 1.54) is 0 Å². The summed E-state index contributed by atoms with van der Waals surface area (Å²) in [4.78, 5) is 0. The van der Waals surface area contributed by atoms with Crippen molar-refractivity contribution in [2.75, 3.05) is 5.75 Å². The normalized spacial score (nSPS) is 9.00. The Kier molecular flexibility index (Phi) is 6.15. The molecule has 0 rings (SSSR count). The number of terminal acetylenes is 1. The molecule has 40 valence electrons. The van der Waals surface area contributed by atoms with Crippen molar-refractivity contribution in [2.45, 2.75) is 0 Å².